The molecule has 0 saturated carbocycles. The Morgan fingerprint density at radius 1 is 0.977 bits per heavy atom. The number of amides is 4. The molecule has 44 heavy (non-hydrogen) atoms. The number of hydrogen-bond acceptors (Lipinski definition) is 6. The van der Waals surface area contributed by atoms with Gasteiger partial charge in [0.15, 0.2) is 5.69 Å². The fourth-order valence-corrected chi connectivity index (χ4v) is 4.92. The molecule has 5 rings (SSSR count). The molecule has 0 bridgehead atoms. The molecule has 3 N–H and O–H groups in total. The van der Waals surface area contributed by atoms with E-state index in [4.69, 9.17) is 4.42 Å². The van der Waals surface area contributed by atoms with Crippen LogP contribution < -0.4 is 16.0 Å². The van der Waals surface area contributed by atoms with Crippen LogP contribution in [0.25, 0.3) is 11.5 Å². The van der Waals surface area contributed by atoms with E-state index in [2.05, 4.69) is 20.9 Å². The molecule has 226 valence electrons. The highest BCUT2D eigenvalue weighted by Gasteiger charge is 2.36. The molecule has 2 heterocycles. The first-order valence-electron chi connectivity index (χ1n) is 14.0. The Morgan fingerprint density at radius 2 is 1.70 bits per heavy atom. The van der Waals surface area contributed by atoms with Crippen LogP contribution in [0.1, 0.15) is 28.9 Å². The highest BCUT2D eigenvalue weighted by molar-refractivity contribution is 5.99. The van der Waals surface area contributed by atoms with Crippen molar-refractivity contribution in [2.75, 3.05) is 18.4 Å². The summed E-state index contributed by atoms with van der Waals surface area (Å²) in [6.07, 6.45) is 2.30. The number of oxazole rings is 1. The lowest BCUT2D eigenvalue weighted by molar-refractivity contribution is -0.129. The molecule has 0 aliphatic carbocycles. The first-order valence-corrected chi connectivity index (χ1v) is 14.0. The van der Waals surface area contributed by atoms with Crippen molar-refractivity contribution in [3.63, 3.8) is 0 Å². The lowest BCUT2D eigenvalue weighted by atomic mass is 10.0. The van der Waals surface area contributed by atoms with Crippen molar-refractivity contribution in [3.8, 4) is 11.5 Å². The van der Waals surface area contributed by atoms with Gasteiger partial charge in [-0.05, 0) is 42.7 Å². The zero-order valence-electron chi connectivity index (χ0n) is 23.5. The van der Waals surface area contributed by atoms with Crippen molar-refractivity contribution in [3.05, 3.63) is 108 Å². The van der Waals surface area contributed by atoms with Crippen LogP contribution in [0.2, 0.25) is 0 Å². The number of likely N-dealkylation sites (tertiary alicyclic amines) is 1. The Morgan fingerprint density at radius 3 is 2.43 bits per heavy atom. The lowest BCUT2D eigenvalue weighted by Gasteiger charge is -2.23. The number of aromatic nitrogens is 1. The van der Waals surface area contributed by atoms with Crippen LogP contribution in [0, 0.1) is 11.6 Å². The fourth-order valence-electron chi connectivity index (χ4n) is 4.92. The minimum absolute atomic E-state index is 0.0636. The molecule has 1 aliphatic heterocycles. The molecule has 4 aromatic rings. The standard InChI is InChI=1S/C32H29F2N5O5/c33-22-13-14-24(23(34)17-22)37-29(41)25(16-20-8-3-1-4-9-20)36-28(40)18-35-30(42)27-12-7-15-39(27)32(43)26-19-44-31(38-26)21-10-5-2-6-11-21/h1-6,8-11,13-14,17,19,25,27H,7,12,15-16,18H2,(H,35,42)(H,36,40)(H,37,41)/t25-,27-/m0/s1. The summed E-state index contributed by atoms with van der Waals surface area (Å²) < 4.78 is 33.0. The third-order valence-electron chi connectivity index (χ3n) is 7.11. The number of nitrogens with zero attached hydrogens (tertiary/aromatic N) is 2. The number of nitrogens with one attached hydrogen (secondary N) is 3. The quantitative estimate of drug-likeness (QED) is 0.254. The molecule has 10 nitrogen and oxygen atoms in total. The van der Waals surface area contributed by atoms with Crippen LogP contribution in [0.3, 0.4) is 0 Å². The van der Waals surface area contributed by atoms with Gasteiger partial charge in [-0.2, -0.15) is 0 Å². The molecule has 4 amide bonds. The van der Waals surface area contributed by atoms with E-state index in [1.165, 1.54) is 11.2 Å². The van der Waals surface area contributed by atoms with Gasteiger partial charge in [-0.15, -0.1) is 0 Å². The number of carbonyl (C=O) groups excluding carboxylic acids is 4. The topological polar surface area (TPSA) is 134 Å². The predicted octanol–water partition coefficient (Wildman–Crippen LogP) is 3.71. The number of halogens is 2. The first-order chi connectivity index (χ1) is 21.3. The van der Waals surface area contributed by atoms with E-state index in [1.807, 2.05) is 18.2 Å². The van der Waals surface area contributed by atoms with Gasteiger partial charge in [0.25, 0.3) is 5.91 Å². The fraction of sp³-hybridized carbons (Fsp3) is 0.219. The van der Waals surface area contributed by atoms with Gasteiger partial charge >= 0.3 is 0 Å². The SMILES string of the molecule is O=C(CNC(=O)[C@@H]1CCCN1C(=O)c1coc(-c2ccccc2)n1)N[C@@H](Cc1ccccc1)C(=O)Nc1ccc(F)cc1F. The van der Waals surface area contributed by atoms with E-state index in [9.17, 15) is 28.0 Å². The number of hydrogen-bond donors (Lipinski definition) is 3. The van der Waals surface area contributed by atoms with E-state index in [0.717, 1.165) is 17.7 Å². The number of rotatable bonds is 10. The van der Waals surface area contributed by atoms with Crippen LogP contribution in [-0.4, -0.2) is 58.7 Å². The second-order valence-electron chi connectivity index (χ2n) is 10.2. The minimum atomic E-state index is -1.14. The van der Waals surface area contributed by atoms with E-state index in [0.29, 0.717) is 31.0 Å². The van der Waals surface area contributed by atoms with Gasteiger partial charge in [0.1, 0.15) is 30.0 Å². The Balaban J connectivity index is 1.20. The van der Waals surface area contributed by atoms with Crippen LogP contribution >= 0.6 is 0 Å². The summed E-state index contributed by atoms with van der Waals surface area (Å²) in [5, 5.41) is 7.50. The molecule has 0 unspecified atom stereocenters. The zero-order valence-corrected chi connectivity index (χ0v) is 23.5. The van der Waals surface area contributed by atoms with Crippen LogP contribution in [-0.2, 0) is 20.8 Å². The molecular formula is C32H29F2N5O5. The van der Waals surface area contributed by atoms with E-state index in [-0.39, 0.29) is 23.7 Å². The second kappa shape index (κ2) is 13.7. The summed E-state index contributed by atoms with van der Waals surface area (Å²) in [6, 6.07) is 18.7. The summed E-state index contributed by atoms with van der Waals surface area (Å²) in [4.78, 5) is 57.8. The van der Waals surface area contributed by atoms with Gasteiger partial charge in [-0.3, -0.25) is 19.2 Å². The average molecular weight is 602 g/mol. The molecule has 12 heteroatoms. The molecule has 1 aliphatic rings. The van der Waals surface area contributed by atoms with Gasteiger partial charge in [0, 0.05) is 24.6 Å². The molecular weight excluding hydrogens is 572 g/mol. The van der Waals surface area contributed by atoms with Crippen molar-refractivity contribution in [1.82, 2.24) is 20.5 Å². The van der Waals surface area contributed by atoms with Gasteiger partial charge in [0.2, 0.25) is 23.6 Å². The predicted molar refractivity (Wildman–Crippen MR) is 156 cm³/mol. The monoisotopic (exact) mass is 601 g/mol. The number of benzene rings is 3. The smallest absolute Gasteiger partial charge is 0.276 e. The van der Waals surface area contributed by atoms with Crippen molar-refractivity contribution in [2.24, 2.45) is 0 Å². The lowest BCUT2D eigenvalue weighted by Crippen LogP contribution is -2.51. The van der Waals surface area contributed by atoms with Gasteiger partial charge in [0.05, 0.1) is 12.2 Å². The van der Waals surface area contributed by atoms with Crippen molar-refractivity contribution < 1.29 is 32.4 Å². The zero-order chi connectivity index (χ0) is 31.1. The van der Waals surface area contributed by atoms with E-state index in [1.54, 1.807) is 42.5 Å². The van der Waals surface area contributed by atoms with Crippen LogP contribution in [0.15, 0.2) is 89.5 Å². The first kappa shape index (κ1) is 30.1. The van der Waals surface area contributed by atoms with Crippen molar-refractivity contribution in [1.29, 1.82) is 0 Å². The maximum absolute atomic E-state index is 14.2. The molecule has 1 fully saturated rings. The average Bonchev–Trinajstić information content (AvgIpc) is 3.73. The maximum Gasteiger partial charge on any atom is 0.276 e. The molecule has 0 radical (unpaired) electrons. The normalized spacial score (nSPS) is 15.0. The van der Waals surface area contributed by atoms with E-state index < -0.39 is 53.9 Å². The third-order valence-corrected chi connectivity index (χ3v) is 7.11. The Bertz CT molecular complexity index is 1650. The van der Waals surface area contributed by atoms with Gasteiger partial charge < -0.3 is 25.3 Å². The summed E-state index contributed by atoms with van der Waals surface area (Å²) in [5.74, 6) is -3.88. The Hall–Kier alpha value is -5.39. The Kier molecular flexibility index (Phi) is 9.38. The number of carbonyl (C=O) groups is 4. The Labute approximate surface area is 251 Å². The van der Waals surface area contributed by atoms with Gasteiger partial charge in [-0.1, -0.05) is 48.5 Å². The molecule has 2 atom stereocenters. The molecule has 3 aromatic carbocycles. The molecule has 0 spiro atoms. The van der Waals surface area contributed by atoms with Crippen LogP contribution in [0.5, 0.6) is 0 Å². The summed E-state index contributed by atoms with van der Waals surface area (Å²) >= 11 is 0. The largest absolute Gasteiger partial charge is 0.444 e. The van der Waals surface area contributed by atoms with Crippen molar-refractivity contribution >= 4 is 29.3 Å². The van der Waals surface area contributed by atoms with Gasteiger partial charge in [-0.25, -0.2) is 13.8 Å². The summed E-state index contributed by atoms with van der Waals surface area (Å²) in [7, 11) is 0. The third kappa shape index (κ3) is 7.33. The van der Waals surface area contributed by atoms with E-state index >= 15 is 0 Å². The maximum atomic E-state index is 14.2. The highest BCUT2D eigenvalue weighted by atomic mass is 19.1. The van der Waals surface area contributed by atoms with Crippen LogP contribution in [0.4, 0.5) is 14.5 Å². The van der Waals surface area contributed by atoms with Crippen molar-refractivity contribution in [2.45, 2.75) is 31.3 Å². The minimum Gasteiger partial charge on any atom is -0.444 e. The summed E-state index contributed by atoms with van der Waals surface area (Å²) in [6.45, 7) is -0.140. The summed E-state index contributed by atoms with van der Waals surface area (Å²) in [5.41, 5.74) is 1.25. The highest BCUT2D eigenvalue weighted by Crippen LogP contribution is 2.23. The number of anilines is 1. The molecule has 1 saturated heterocycles. The second-order valence-corrected chi connectivity index (χ2v) is 10.2. The molecule has 1 aromatic heterocycles.